The highest BCUT2D eigenvalue weighted by Crippen LogP contribution is 2.18. The number of ether oxygens (including phenoxy) is 1. The number of rotatable bonds is 5. The van der Waals surface area contributed by atoms with Gasteiger partial charge >= 0.3 is 0 Å². The summed E-state index contributed by atoms with van der Waals surface area (Å²) in [5.41, 5.74) is 0.165. The van der Waals surface area contributed by atoms with E-state index in [1.807, 2.05) is 6.07 Å². The zero-order chi connectivity index (χ0) is 18.0. The first-order valence-corrected chi connectivity index (χ1v) is 8.91. The van der Waals surface area contributed by atoms with E-state index in [1.165, 1.54) is 34.8 Å². The Labute approximate surface area is 145 Å². The molecule has 3 aromatic rings. The first kappa shape index (κ1) is 16.8. The monoisotopic (exact) mass is 359 g/mol. The molecule has 3 rings (SSSR count). The second kappa shape index (κ2) is 6.48. The predicted molar refractivity (Wildman–Crippen MR) is 94.8 cm³/mol. The first-order chi connectivity index (χ1) is 11.9. The minimum atomic E-state index is -3.88. The van der Waals surface area contributed by atoms with Gasteiger partial charge in [0, 0.05) is 7.05 Å². The highest BCUT2D eigenvalue weighted by Gasteiger charge is 2.19. The van der Waals surface area contributed by atoms with Gasteiger partial charge in [0.1, 0.15) is 11.4 Å². The molecule has 1 N–H and O–H groups in total. The Morgan fingerprint density at radius 3 is 2.24 bits per heavy atom. The van der Waals surface area contributed by atoms with E-state index < -0.39 is 15.6 Å². The van der Waals surface area contributed by atoms with Crippen LogP contribution in [0.25, 0.3) is 5.69 Å². The average Bonchev–Trinajstić information content (AvgIpc) is 2.88. The number of sulfonamides is 1. The molecule has 0 bridgehead atoms. The van der Waals surface area contributed by atoms with Gasteiger partial charge in [0.2, 0.25) is 0 Å². The first-order valence-electron chi connectivity index (χ1n) is 7.43. The number of aryl methyl sites for hydroxylation is 1. The van der Waals surface area contributed by atoms with Gasteiger partial charge in [0.25, 0.3) is 15.6 Å². The minimum Gasteiger partial charge on any atom is -0.497 e. The molecule has 0 amide bonds. The molecule has 0 aliphatic heterocycles. The third-order valence-electron chi connectivity index (χ3n) is 3.67. The van der Waals surface area contributed by atoms with Crippen molar-refractivity contribution in [3.8, 4) is 11.4 Å². The fourth-order valence-corrected chi connectivity index (χ4v) is 3.50. The highest BCUT2D eigenvalue weighted by atomic mass is 32.2. The Morgan fingerprint density at radius 1 is 1.00 bits per heavy atom. The lowest BCUT2D eigenvalue weighted by atomic mass is 10.3. The molecule has 7 nitrogen and oxygen atoms in total. The van der Waals surface area contributed by atoms with E-state index in [9.17, 15) is 13.2 Å². The molecule has 8 heteroatoms. The molecular weight excluding hydrogens is 342 g/mol. The van der Waals surface area contributed by atoms with Crippen LogP contribution < -0.4 is 15.0 Å². The molecule has 0 fully saturated rings. The number of nitrogens with one attached hydrogen (secondary N) is 1. The molecular formula is C17H17N3O4S. The average molecular weight is 359 g/mol. The van der Waals surface area contributed by atoms with Gasteiger partial charge in [-0.3, -0.25) is 14.2 Å². The van der Waals surface area contributed by atoms with Crippen molar-refractivity contribution in [2.75, 3.05) is 11.8 Å². The van der Waals surface area contributed by atoms with Crippen LogP contribution in [0.4, 0.5) is 5.69 Å². The van der Waals surface area contributed by atoms with Crippen molar-refractivity contribution >= 4 is 15.7 Å². The second-order valence-corrected chi connectivity index (χ2v) is 7.03. The molecule has 0 spiro atoms. The summed E-state index contributed by atoms with van der Waals surface area (Å²) in [5.74, 6) is 0.546. The third-order valence-corrected chi connectivity index (χ3v) is 5.05. The number of para-hydroxylation sites is 1. The maximum absolute atomic E-state index is 12.6. The third kappa shape index (κ3) is 3.29. The summed E-state index contributed by atoms with van der Waals surface area (Å²) < 4.78 is 35.3. The molecule has 0 radical (unpaired) electrons. The van der Waals surface area contributed by atoms with E-state index in [0.29, 0.717) is 11.4 Å². The van der Waals surface area contributed by atoms with Gasteiger partial charge in [-0.15, -0.1) is 0 Å². The van der Waals surface area contributed by atoms with E-state index in [2.05, 4.69) is 4.72 Å². The number of hydrogen-bond donors (Lipinski definition) is 1. The van der Waals surface area contributed by atoms with Gasteiger partial charge in [0.05, 0.1) is 23.9 Å². The number of methoxy groups -OCH3 is 1. The van der Waals surface area contributed by atoms with Crippen molar-refractivity contribution in [3.05, 3.63) is 71.1 Å². The van der Waals surface area contributed by atoms with E-state index in [4.69, 9.17) is 4.74 Å². The van der Waals surface area contributed by atoms with Crippen molar-refractivity contribution in [1.29, 1.82) is 0 Å². The summed E-state index contributed by atoms with van der Waals surface area (Å²) in [6.07, 6.45) is 1.44. The summed E-state index contributed by atoms with van der Waals surface area (Å²) in [7, 11) is -0.715. The Kier molecular flexibility index (Phi) is 4.37. The number of aromatic nitrogens is 2. The summed E-state index contributed by atoms with van der Waals surface area (Å²) in [5, 5.41) is 0. The maximum Gasteiger partial charge on any atom is 0.295 e. The van der Waals surface area contributed by atoms with Crippen LogP contribution in [0.2, 0.25) is 0 Å². The van der Waals surface area contributed by atoms with Gasteiger partial charge in [0.15, 0.2) is 0 Å². The fraction of sp³-hybridized carbons (Fsp3) is 0.118. The van der Waals surface area contributed by atoms with Crippen LogP contribution in [0, 0.1) is 0 Å². The smallest absolute Gasteiger partial charge is 0.295 e. The van der Waals surface area contributed by atoms with Crippen LogP contribution in [-0.4, -0.2) is 24.9 Å². The van der Waals surface area contributed by atoms with Crippen LogP contribution in [-0.2, 0) is 17.1 Å². The lowest BCUT2D eigenvalue weighted by Gasteiger charge is -2.06. The molecule has 2 aromatic carbocycles. The summed E-state index contributed by atoms with van der Waals surface area (Å²) >= 11 is 0. The topological polar surface area (TPSA) is 82.3 Å². The Bertz CT molecular complexity index is 1040. The van der Waals surface area contributed by atoms with E-state index in [-0.39, 0.29) is 10.6 Å². The van der Waals surface area contributed by atoms with Gasteiger partial charge in [-0.2, -0.15) is 0 Å². The van der Waals surface area contributed by atoms with Gasteiger partial charge in [-0.05, 0) is 36.4 Å². The predicted octanol–water partition coefficient (Wildman–Crippen LogP) is 1.99. The SMILES string of the molecule is COc1ccc(S(=O)(=O)Nc2cn(C)n(-c3ccccc3)c2=O)cc1. The summed E-state index contributed by atoms with van der Waals surface area (Å²) in [6, 6.07) is 14.9. The molecule has 1 heterocycles. The summed E-state index contributed by atoms with van der Waals surface area (Å²) in [4.78, 5) is 12.6. The van der Waals surface area contributed by atoms with Gasteiger partial charge < -0.3 is 4.74 Å². The van der Waals surface area contributed by atoms with Crippen molar-refractivity contribution < 1.29 is 13.2 Å². The van der Waals surface area contributed by atoms with Crippen molar-refractivity contribution in [2.45, 2.75) is 4.90 Å². The zero-order valence-corrected chi connectivity index (χ0v) is 14.5. The maximum atomic E-state index is 12.6. The second-order valence-electron chi connectivity index (χ2n) is 5.35. The lowest BCUT2D eigenvalue weighted by molar-refractivity contribution is 0.414. The summed E-state index contributed by atoms with van der Waals surface area (Å²) in [6.45, 7) is 0. The van der Waals surface area contributed by atoms with Crippen molar-refractivity contribution in [3.63, 3.8) is 0 Å². The molecule has 130 valence electrons. The molecule has 0 saturated carbocycles. The minimum absolute atomic E-state index is 0.0258. The van der Waals surface area contributed by atoms with Crippen molar-refractivity contribution in [2.24, 2.45) is 7.05 Å². The Hall–Kier alpha value is -3.00. The number of hydrogen-bond acceptors (Lipinski definition) is 4. The van der Waals surface area contributed by atoms with Crippen LogP contribution >= 0.6 is 0 Å². The standard InChI is InChI=1S/C17H17N3O4S/c1-19-12-16(17(21)20(19)13-6-4-3-5-7-13)18-25(22,23)15-10-8-14(24-2)9-11-15/h3-12,18H,1-2H3. The van der Waals surface area contributed by atoms with Crippen molar-refractivity contribution in [1.82, 2.24) is 9.36 Å². The molecule has 0 unspecified atom stereocenters. The van der Waals surface area contributed by atoms with E-state index >= 15 is 0 Å². The number of nitrogens with zero attached hydrogens (tertiary/aromatic N) is 2. The van der Waals surface area contributed by atoms with E-state index in [1.54, 1.807) is 43.4 Å². The fourth-order valence-electron chi connectivity index (χ4n) is 2.45. The molecule has 0 aliphatic carbocycles. The lowest BCUT2D eigenvalue weighted by Crippen LogP contribution is -2.23. The molecule has 1 aromatic heterocycles. The number of anilines is 1. The van der Waals surface area contributed by atoms with E-state index in [0.717, 1.165) is 0 Å². The molecule has 0 aliphatic rings. The van der Waals surface area contributed by atoms with Crippen LogP contribution in [0.1, 0.15) is 0 Å². The van der Waals surface area contributed by atoms with Crippen LogP contribution in [0.3, 0.4) is 0 Å². The number of benzene rings is 2. The quantitative estimate of drug-likeness (QED) is 0.755. The van der Waals surface area contributed by atoms with Gasteiger partial charge in [-0.25, -0.2) is 13.1 Å². The normalized spacial score (nSPS) is 11.3. The Balaban J connectivity index is 1.97. The zero-order valence-electron chi connectivity index (χ0n) is 13.7. The highest BCUT2D eigenvalue weighted by molar-refractivity contribution is 7.92. The molecule has 0 atom stereocenters. The molecule has 0 saturated heterocycles. The van der Waals surface area contributed by atoms with Gasteiger partial charge in [-0.1, -0.05) is 18.2 Å². The van der Waals surface area contributed by atoms with Crippen LogP contribution in [0.15, 0.2) is 70.5 Å². The molecule has 25 heavy (non-hydrogen) atoms. The Morgan fingerprint density at radius 2 is 1.64 bits per heavy atom. The van der Waals surface area contributed by atoms with Crippen LogP contribution in [0.5, 0.6) is 5.75 Å². The largest absolute Gasteiger partial charge is 0.497 e.